The first kappa shape index (κ1) is 12.2. The van der Waals surface area contributed by atoms with Crippen LogP contribution in [0.1, 0.15) is 31.4 Å². The van der Waals surface area contributed by atoms with E-state index in [9.17, 15) is 0 Å². The van der Waals surface area contributed by atoms with E-state index in [1.54, 1.807) is 0 Å². The first-order chi connectivity index (χ1) is 8.29. The van der Waals surface area contributed by atoms with Gasteiger partial charge in [0.15, 0.2) is 0 Å². The summed E-state index contributed by atoms with van der Waals surface area (Å²) in [6.45, 7) is 5.99. The largest absolute Gasteiger partial charge is 0.488 e. The van der Waals surface area contributed by atoms with Gasteiger partial charge in [0.1, 0.15) is 11.9 Å². The van der Waals surface area contributed by atoms with Crippen molar-refractivity contribution in [3.63, 3.8) is 0 Å². The molecule has 2 unspecified atom stereocenters. The van der Waals surface area contributed by atoms with Crippen molar-refractivity contribution in [3.05, 3.63) is 24.0 Å². The van der Waals surface area contributed by atoms with Crippen LogP contribution >= 0.6 is 12.4 Å². The lowest BCUT2D eigenvalue weighted by molar-refractivity contribution is -0.0196. The van der Waals surface area contributed by atoms with Crippen LogP contribution in [0.25, 0.3) is 0 Å². The van der Waals surface area contributed by atoms with E-state index in [-0.39, 0.29) is 12.4 Å². The molecule has 1 spiro atoms. The standard InChI is InChI=1S/C14H18N2O.ClH/c1-10-13-11(3-2-6-15-13)17-12-4-7-16-8-5-14(10,12)9-16;/h2-3,6,10,12H,4-5,7-9H2,1H3;1H/t10-,12-,14?;/m0./s1. The summed E-state index contributed by atoms with van der Waals surface area (Å²) in [5.41, 5.74) is 1.51. The van der Waals surface area contributed by atoms with Gasteiger partial charge in [-0.25, -0.2) is 0 Å². The average molecular weight is 267 g/mol. The fourth-order valence-corrected chi connectivity index (χ4v) is 4.04. The Labute approximate surface area is 114 Å². The molecule has 0 aliphatic carbocycles. The molecule has 0 aromatic carbocycles. The van der Waals surface area contributed by atoms with E-state index >= 15 is 0 Å². The summed E-state index contributed by atoms with van der Waals surface area (Å²) in [7, 11) is 0. The number of hydrogen-bond donors (Lipinski definition) is 0. The zero-order valence-corrected chi connectivity index (χ0v) is 11.4. The third-order valence-electron chi connectivity index (χ3n) is 5.10. The molecule has 2 fully saturated rings. The molecule has 98 valence electrons. The lowest BCUT2D eigenvalue weighted by Crippen LogP contribution is -2.52. The van der Waals surface area contributed by atoms with Crippen molar-refractivity contribution in [2.24, 2.45) is 5.41 Å². The zero-order valence-electron chi connectivity index (χ0n) is 10.6. The van der Waals surface area contributed by atoms with E-state index in [4.69, 9.17) is 4.74 Å². The summed E-state index contributed by atoms with van der Waals surface area (Å²) in [6, 6.07) is 4.06. The van der Waals surface area contributed by atoms with E-state index in [0.29, 0.717) is 17.4 Å². The highest BCUT2D eigenvalue weighted by molar-refractivity contribution is 5.85. The van der Waals surface area contributed by atoms with Gasteiger partial charge in [0.2, 0.25) is 0 Å². The van der Waals surface area contributed by atoms with Crippen LogP contribution in [0.4, 0.5) is 0 Å². The second-order valence-electron chi connectivity index (χ2n) is 5.76. The third kappa shape index (κ3) is 1.44. The SMILES string of the molecule is C[C@H]1c2ncccc2O[C@H]2CCN3CCC21C3.Cl. The van der Waals surface area contributed by atoms with Crippen LogP contribution < -0.4 is 4.74 Å². The van der Waals surface area contributed by atoms with Gasteiger partial charge < -0.3 is 9.64 Å². The molecule has 0 N–H and O–H groups in total. The first-order valence-electron chi connectivity index (χ1n) is 6.63. The average Bonchev–Trinajstić information content (AvgIpc) is 2.71. The second-order valence-corrected chi connectivity index (χ2v) is 5.76. The molecule has 3 aliphatic rings. The monoisotopic (exact) mass is 266 g/mol. The first-order valence-corrected chi connectivity index (χ1v) is 6.63. The van der Waals surface area contributed by atoms with Crippen molar-refractivity contribution in [2.45, 2.75) is 31.8 Å². The second kappa shape index (κ2) is 4.10. The predicted octanol–water partition coefficient (Wildman–Crippen LogP) is 2.46. The summed E-state index contributed by atoms with van der Waals surface area (Å²) in [4.78, 5) is 7.15. The molecule has 0 saturated carbocycles. The Morgan fingerprint density at radius 1 is 1.44 bits per heavy atom. The molecule has 4 atom stereocenters. The molecule has 4 heterocycles. The fourth-order valence-electron chi connectivity index (χ4n) is 4.04. The minimum Gasteiger partial charge on any atom is -0.488 e. The molecule has 1 aromatic heterocycles. The number of halogens is 1. The summed E-state index contributed by atoms with van der Waals surface area (Å²) >= 11 is 0. The van der Waals surface area contributed by atoms with E-state index in [1.807, 2.05) is 12.3 Å². The van der Waals surface area contributed by atoms with E-state index in [0.717, 1.165) is 5.75 Å². The minimum atomic E-state index is 0. The molecule has 0 amide bonds. The highest BCUT2D eigenvalue weighted by Crippen LogP contribution is 2.54. The number of fused-ring (bicyclic) bond motifs is 2. The van der Waals surface area contributed by atoms with Gasteiger partial charge in [-0.15, -0.1) is 12.4 Å². The summed E-state index contributed by atoms with van der Waals surface area (Å²) in [6.07, 6.45) is 4.76. The predicted molar refractivity (Wildman–Crippen MR) is 72.4 cm³/mol. The molecule has 2 saturated heterocycles. The highest BCUT2D eigenvalue weighted by Gasteiger charge is 2.55. The number of pyridine rings is 1. The molecule has 1 aromatic rings. The van der Waals surface area contributed by atoms with Crippen LogP contribution in [-0.2, 0) is 0 Å². The molecule has 0 radical (unpaired) electrons. The maximum absolute atomic E-state index is 6.24. The maximum atomic E-state index is 6.24. The van der Waals surface area contributed by atoms with Crippen LogP contribution in [0.2, 0.25) is 0 Å². The van der Waals surface area contributed by atoms with Crippen molar-refractivity contribution in [2.75, 3.05) is 19.6 Å². The molecular weight excluding hydrogens is 248 g/mol. The van der Waals surface area contributed by atoms with Gasteiger partial charge in [0, 0.05) is 30.6 Å². The summed E-state index contributed by atoms with van der Waals surface area (Å²) < 4.78 is 6.24. The number of rotatable bonds is 0. The zero-order chi connectivity index (χ0) is 11.5. The highest BCUT2D eigenvalue weighted by atomic mass is 35.5. The Morgan fingerprint density at radius 3 is 3.22 bits per heavy atom. The molecule has 18 heavy (non-hydrogen) atoms. The molecule has 2 bridgehead atoms. The Morgan fingerprint density at radius 2 is 2.33 bits per heavy atom. The van der Waals surface area contributed by atoms with Crippen LogP contribution in [0, 0.1) is 5.41 Å². The summed E-state index contributed by atoms with van der Waals surface area (Å²) in [5.74, 6) is 1.55. The van der Waals surface area contributed by atoms with Gasteiger partial charge in [0.05, 0.1) is 5.69 Å². The Balaban J connectivity index is 0.000001000. The van der Waals surface area contributed by atoms with Gasteiger partial charge in [0.25, 0.3) is 0 Å². The van der Waals surface area contributed by atoms with Crippen LogP contribution in [-0.4, -0.2) is 35.6 Å². The quantitative estimate of drug-likeness (QED) is 0.721. The van der Waals surface area contributed by atoms with Crippen molar-refractivity contribution >= 4 is 12.4 Å². The number of piperidine rings is 1. The lowest BCUT2D eigenvalue weighted by Gasteiger charge is -2.48. The fraction of sp³-hybridized carbons (Fsp3) is 0.643. The molecule has 4 rings (SSSR count). The van der Waals surface area contributed by atoms with Gasteiger partial charge >= 0.3 is 0 Å². The van der Waals surface area contributed by atoms with Crippen molar-refractivity contribution < 1.29 is 4.74 Å². The smallest absolute Gasteiger partial charge is 0.141 e. The minimum absolute atomic E-state index is 0. The van der Waals surface area contributed by atoms with Gasteiger partial charge in [-0.1, -0.05) is 6.92 Å². The topological polar surface area (TPSA) is 25.4 Å². The lowest BCUT2D eigenvalue weighted by atomic mass is 9.66. The van der Waals surface area contributed by atoms with Crippen molar-refractivity contribution in [3.8, 4) is 5.75 Å². The van der Waals surface area contributed by atoms with Gasteiger partial charge in [-0.2, -0.15) is 0 Å². The third-order valence-corrected chi connectivity index (χ3v) is 5.10. The Kier molecular flexibility index (Phi) is 2.79. The molecule has 3 aliphatic heterocycles. The summed E-state index contributed by atoms with van der Waals surface area (Å²) in [5, 5.41) is 0. The van der Waals surface area contributed by atoms with E-state index in [1.165, 1.54) is 38.2 Å². The Bertz CT molecular complexity index is 467. The molecule has 4 heteroatoms. The number of hydrogen-bond acceptors (Lipinski definition) is 3. The Hall–Kier alpha value is -0.800. The van der Waals surface area contributed by atoms with E-state index < -0.39 is 0 Å². The molecule has 3 nitrogen and oxygen atoms in total. The van der Waals surface area contributed by atoms with Crippen LogP contribution in [0.5, 0.6) is 5.75 Å². The van der Waals surface area contributed by atoms with Crippen LogP contribution in [0.15, 0.2) is 18.3 Å². The van der Waals surface area contributed by atoms with Gasteiger partial charge in [-0.3, -0.25) is 4.98 Å². The normalized spacial score (nSPS) is 40.2. The van der Waals surface area contributed by atoms with E-state index in [2.05, 4.69) is 22.9 Å². The number of ether oxygens (including phenoxy) is 1. The molecular formula is C14H19ClN2O. The van der Waals surface area contributed by atoms with Gasteiger partial charge in [-0.05, 0) is 31.5 Å². The number of nitrogens with zero attached hydrogens (tertiary/aromatic N) is 2. The number of aromatic nitrogens is 1. The van der Waals surface area contributed by atoms with Crippen LogP contribution in [0.3, 0.4) is 0 Å². The van der Waals surface area contributed by atoms with Crippen molar-refractivity contribution in [1.29, 1.82) is 0 Å². The van der Waals surface area contributed by atoms with Crippen molar-refractivity contribution in [1.82, 2.24) is 9.88 Å². The maximum Gasteiger partial charge on any atom is 0.141 e.